The Hall–Kier alpha value is -6.18. The highest BCUT2D eigenvalue weighted by atomic mass is 15.0. The van der Waals surface area contributed by atoms with E-state index in [1.807, 2.05) is 0 Å². The first-order chi connectivity index (χ1) is 26.3. The quantitative estimate of drug-likeness (QED) is 0.175. The molecule has 1 heterocycles. The Kier molecular flexibility index (Phi) is 7.01. The fourth-order valence-corrected chi connectivity index (χ4v) is 9.77. The summed E-state index contributed by atoms with van der Waals surface area (Å²) in [5.41, 5.74) is 14.8. The lowest BCUT2D eigenvalue weighted by atomic mass is 9.66. The van der Waals surface area contributed by atoms with E-state index in [4.69, 9.17) is 0 Å². The number of fused-ring (bicyclic) bond motifs is 8. The largest absolute Gasteiger partial charge is 0.310 e. The zero-order chi connectivity index (χ0) is 34.9. The first-order valence-electron chi connectivity index (χ1n) is 19.2. The molecule has 6 aromatic carbocycles. The van der Waals surface area contributed by atoms with Crippen LogP contribution in [0.2, 0.25) is 0 Å². The molecule has 0 saturated heterocycles. The van der Waals surface area contributed by atoms with Gasteiger partial charge in [0.25, 0.3) is 0 Å². The van der Waals surface area contributed by atoms with Crippen molar-refractivity contribution >= 4 is 39.9 Å². The summed E-state index contributed by atoms with van der Waals surface area (Å²) < 4.78 is 2.55. The molecule has 3 atom stereocenters. The van der Waals surface area contributed by atoms with Gasteiger partial charge in [-0.1, -0.05) is 158 Å². The van der Waals surface area contributed by atoms with Gasteiger partial charge in [-0.05, 0) is 109 Å². The number of allylic oxidation sites excluding steroid dienone is 7. The van der Waals surface area contributed by atoms with Gasteiger partial charge in [-0.25, -0.2) is 0 Å². The molecular formula is C52H39N. The van der Waals surface area contributed by atoms with Gasteiger partial charge in [0, 0.05) is 28.8 Å². The summed E-state index contributed by atoms with van der Waals surface area (Å²) in [6.45, 7) is 0. The molecule has 0 radical (unpaired) electrons. The van der Waals surface area contributed by atoms with Crippen LogP contribution in [0.5, 0.6) is 0 Å². The molecular weight excluding hydrogens is 639 g/mol. The molecule has 0 bridgehead atoms. The maximum Gasteiger partial charge on any atom is 0.0544 e. The normalized spacial score (nSPS) is 19.8. The zero-order valence-corrected chi connectivity index (χ0v) is 29.6. The lowest BCUT2D eigenvalue weighted by Crippen LogP contribution is -2.30. The number of benzene rings is 6. The fourth-order valence-electron chi connectivity index (χ4n) is 9.77. The third-order valence-electron chi connectivity index (χ3n) is 12.2. The van der Waals surface area contributed by atoms with Crippen LogP contribution < -0.4 is 10.4 Å². The number of nitrogens with zero attached hydrogens (tertiary/aromatic N) is 1. The molecule has 0 N–H and O–H groups in total. The molecule has 1 nitrogen and oxygen atoms in total. The van der Waals surface area contributed by atoms with E-state index in [1.165, 1.54) is 76.9 Å². The van der Waals surface area contributed by atoms with Crippen LogP contribution >= 0.6 is 0 Å². The van der Waals surface area contributed by atoms with Crippen LogP contribution in [0.4, 0.5) is 0 Å². The predicted molar refractivity (Wildman–Crippen MR) is 223 cm³/mol. The third kappa shape index (κ3) is 4.91. The van der Waals surface area contributed by atoms with E-state index >= 15 is 0 Å². The molecule has 4 aliphatic rings. The van der Waals surface area contributed by atoms with Crippen LogP contribution in [0.25, 0.3) is 67.8 Å². The Morgan fingerprint density at radius 1 is 0.604 bits per heavy atom. The van der Waals surface area contributed by atoms with E-state index in [0.717, 1.165) is 19.3 Å². The molecule has 1 aromatic heterocycles. The minimum Gasteiger partial charge on any atom is -0.310 e. The van der Waals surface area contributed by atoms with Crippen LogP contribution in [0.15, 0.2) is 181 Å². The Bertz CT molecular complexity index is 2870. The second-order valence-corrected chi connectivity index (χ2v) is 15.1. The summed E-state index contributed by atoms with van der Waals surface area (Å²) in [6.07, 6.45) is 20.7. The number of hydrogen-bond acceptors (Lipinski definition) is 0. The van der Waals surface area contributed by atoms with Crippen molar-refractivity contribution < 1.29 is 0 Å². The molecule has 0 saturated carbocycles. The highest BCUT2D eigenvalue weighted by Crippen LogP contribution is 2.53. The standard InChI is InChI=1S/C52H39N/c1-2-12-34(13-3-1)38-26-28-47-50(33-38)53(42-19-10-18-39(31-42)44-23-11-17-36-15-6-7-20-43(36)44)49-29-27-41-32-48(40-25-24-35-14-4-5-16-37(35)30-40)45-21-8-9-22-46(45)51(41)52(47)49/h1-7,9-20,22-24,26-33,40-41,51H,8,21,25H2. The Balaban J connectivity index is 1.12. The smallest absolute Gasteiger partial charge is 0.0544 e. The number of hydrogen-bond donors (Lipinski definition) is 0. The summed E-state index contributed by atoms with van der Waals surface area (Å²) in [5, 5.41) is 6.63. The lowest BCUT2D eigenvalue weighted by Gasteiger charge is -2.38. The molecule has 0 spiro atoms. The summed E-state index contributed by atoms with van der Waals surface area (Å²) >= 11 is 0. The Labute approximate surface area is 310 Å². The van der Waals surface area contributed by atoms with E-state index in [9.17, 15) is 0 Å². The minimum absolute atomic E-state index is 0.276. The van der Waals surface area contributed by atoms with Crippen molar-refractivity contribution in [3.63, 3.8) is 0 Å². The second kappa shape index (κ2) is 12.2. The van der Waals surface area contributed by atoms with E-state index in [2.05, 4.69) is 187 Å². The maximum absolute atomic E-state index is 2.65. The predicted octanol–water partition coefficient (Wildman–Crippen LogP) is 11.7. The van der Waals surface area contributed by atoms with Crippen LogP contribution in [0, 0.1) is 11.8 Å². The average molecular weight is 678 g/mol. The minimum atomic E-state index is 0.276. The molecule has 7 aromatic rings. The van der Waals surface area contributed by atoms with Crippen molar-refractivity contribution in [3.8, 4) is 27.9 Å². The second-order valence-electron chi connectivity index (χ2n) is 15.1. The topological polar surface area (TPSA) is 4.93 Å². The highest BCUT2D eigenvalue weighted by molar-refractivity contribution is 5.98. The van der Waals surface area contributed by atoms with Crippen molar-refractivity contribution in [2.45, 2.75) is 25.2 Å². The fraction of sp³-hybridized carbons (Fsp3) is 0.115. The molecule has 3 unspecified atom stereocenters. The lowest BCUT2D eigenvalue weighted by molar-refractivity contribution is 0.625. The van der Waals surface area contributed by atoms with Crippen LogP contribution in [0.1, 0.15) is 36.4 Å². The zero-order valence-electron chi connectivity index (χ0n) is 29.6. The van der Waals surface area contributed by atoms with Gasteiger partial charge >= 0.3 is 0 Å². The van der Waals surface area contributed by atoms with Gasteiger partial charge in [0.1, 0.15) is 0 Å². The van der Waals surface area contributed by atoms with Crippen molar-refractivity contribution in [1.82, 2.24) is 4.57 Å². The van der Waals surface area contributed by atoms with Crippen molar-refractivity contribution in [1.29, 1.82) is 0 Å². The highest BCUT2D eigenvalue weighted by Gasteiger charge is 2.38. The van der Waals surface area contributed by atoms with Gasteiger partial charge in [-0.2, -0.15) is 0 Å². The van der Waals surface area contributed by atoms with E-state index in [0.29, 0.717) is 11.8 Å². The van der Waals surface area contributed by atoms with E-state index in [-0.39, 0.29) is 5.92 Å². The van der Waals surface area contributed by atoms with E-state index < -0.39 is 0 Å². The Morgan fingerprint density at radius 2 is 1.42 bits per heavy atom. The van der Waals surface area contributed by atoms with Gasteiger partial charge in [0.15, 0.2) is 0 Å². The SMILES string of the molecule is C1=CC2=C(CC1)C(C1C=c3ccccc3=CC1)=CC1C=Cc3c(c4ccc(-c5ccccc5)cc4n3-c3cccc(-c4cccc5ccccc45)c3)C21. The maximum atomic E-state index is 2.65. The van der Waals surface area contributed by atoms with Gasteiger partial charge in [0.05, 0.1) is 11.2 Å². The first-order valence-corrected chi connectivity index (χ1v) is 19.2. The van der Waals surface area contributed by atoms with Crippen molar-refractivity contribution in [2.24, 2.45) is 11.8 Å². The summed E-state index contributed by atoms with van der Waals surface area (Å²) in [4.78, 5) is 0. The molecule has 4 aliphatic carbocycles. The monoisotopic (exact) mass is 677 g/mol. The summed E-state index contributed by atoms with van der Waals surface area (Å²) in [6, 6.07) is 51.4. The number of aromatic nitrogens is 1. The molecule has 0 fully saturated rings. The molecule has 252 valence electrons. The van der Waals surface area contributed by atoms with Crippen LogP contribution in [-0.4, -0.2) is 4.57 Å². The molecule has 11 rings (SSSR count). The molecule has 53 heavy (non-hydrogen) atoms. The van der Waals surface area contributed by atoms with Crippen LogP contribution in [-0.2, 0) is 0 Å². The Morgan fingerprint density at radius 3 is 2.36 bits per heavy atom. The van der Waals surface area contributed by atoms with Crippen molar-refractivity contribution in [2.75, 3.05) is 0 Å². The van der Waals surface area contributed by atoms with Gasteiger partial charge in [0.2, 0.25) is 0 Å². The first kappa shape index (κ1) is 30.4. The van der Waals surface area contributed by atoms with Gasteiger partial charge in [-0.15, -0.1) is 0 Å². The molecule has 1 heteroatoms. The van der Waals surface area contributed by atoms with Gasteiger partial charge in [-0.3, -0.25) is 0 Å². The third-order valence-corrected chi connectivity index (χ3v) is 12.2. The van der Waals surface area contributed by atoms with Crippen LogP contribution in [0.3, 0.4) is 0 Å². The number of rotatable bonds is 4. The van der Waals surface area contributed by atoms with Gasteiger partial charge < -0.3 is 4.57 Å². The van der Waals surface area contributed by atoms with E-state index in [1.54, 1.807) is 11.1 Å². The average Bonchev–Trinajstić information content (AvgIpc) is 3.57. The molecule has 0 aliphatic heterocycles. The van der Waals surface area contributed by atoms with Crippen molar-refractivity contribution in [3.05, 3.63) is 202 Å². The molecule has 0 amide bonds. The summed E-state index contributed by atoms with van der Waals surface area (Å²) in [5.74, 6) is 0.987. The summed E-state index contributed by atoms with van der Waals surface area (Å²) in [7, 11) is 0.